The molecule has 168 valence electrons. The summed E-state index contributed by atoms with van der Waals surface area (Å²) in [5.41, 5.74) is 0. The van der Waals surface area contributed by atoms with Crippen LogP contribution in [0.4, 0.5) is 16.2 Å². The van der Waals surface area contributed by atoms with Crippen LogP contribution < -0.4 is 14.5 Å². The van der Waals surface area contributed by atoms with Gasteiger partial charge in [0.15, 0.2) is 0 Å². The van der Waals surface area contributed by atoms with Gasteiger partial charge >= 0.3 is 0 Å². The Kier molecular flexibility index (Phi) is 6.24. The number of ether oxygens (including phenoxy) is 1. The van der Waals surface area contributed by atoms with Crippen molar-refractivity contribution in [2.24, 2.45) is 0 Å². The predicted molar refractivity (Wildman–Crippen MR) is 120 cm³/mol. The number of piperazine rings is 1. The summed E-state index contributed by atoms with van der Waals surface area (Å²) in [5.74, 6) is 1.53. The fourth-order valence-electron chi connectivity index (χ4n) is 3.32. The molecule has 0 N–H and O–H groups in total. The fraction of sp³-hybridized carbons (Fsp3) is 0.273. The highest BCUT2D eigenvalue weighted by molar-refractivity contribution is 7.89. The monoisotopic (exact) mass is 457 g/mol. The van der Waals surface area contributed by atoms with Gasteiger partial charge in [-0.3, -0.25) is 0 Å². The maximum atomic E-state index is 13.2. The van der Waals surface area contributed by atoms with Gasteiger partial charge in [-0.2, -0.15) is 14.3 Å². The number of hydrogen-bond acceptors (Lipinski definition) is 7. The van der Waals surface area contributed by atoms with Crippen LogP contribution in [-0.4, -0.2) is 63.0 Å². The van der Waals surface area contributed by atoms with Crippen molar-refractivity contribution < 1.29 is 17.5 Å². The quantitative estimate of drug-likeness (QED) is 0.563. The predicted octanol–water partition coefficient (Wildman–Crippen LogP) is 2.98. The average Bonchev–Trinajstić information content (AvgIpc) is 2.81. The van der Waals surface area contributed by atoms with Crippen molar-refractivity contribution >= 4 is 21.8 Å². The second kappa shape index (κ2) is 9.09. The second-order valence-corrected chi connectivity index (χ2v) is 9.46. The van der Waals surface area contributed by atoms with Crippen molar-refractivity contribution in [1.29, 1.82) is 0 Å². The summed E-state index contributed by atoms with van der Waals surface area (Å²) in [5, 5.41) is 0. The molecule has 2 aromatic carbocycles. The van der Waals surface area contributed by atoms with E-state index in [9.17, 15) is 12.8 Å². The molecule has 1 aliphatic heterocycles. The number of rotatable bonds is 6. The van der Waals surface area contributed by atoms with Gasteiger partial charge in [-0.1, -0.05) is 18.2 Å². The van der Waals surface area contributed by atoms with E-state index in [1.807, 2.05) is 23.9 Å². The van der Waals surface area contributed by atoms with E-state index in [0.29, 0.717) is 49.6 Å². The lowest BCUT2D eigenvalue weighted by Crippen LogP contribution is -2.49. The van der Waals surface area contributed by atoms with Crippen LogP contribution in [0.3, 0.4) is 0 Å². The Morgan fingerprint density at radius 2 is 1.59 bits per heavy atom. The van der Waals surface area contributed by atoms with Crippen LogP contribution in [0.25, 0.3) is 0 Å². The Bertz CT molecular complexity index is 1170. The Balaban J connectivity index is 1.52. The maximum absolute atomic E-state index is 13.2. The van der Waals surface area contributed by atoms with Crippen LogP contribution in [0, 0.1) is 5.82 Å². The molecular formula is C22H24FN5O3S. The SMILES string of the molecule is CN(C)c1cc(Oc2ccc(F)cc2)nc(N2CCN(S(=O)(=O)c3ccccc3)CC2)n1. The van der Waals surface area contributed by atoms with Crippen molar-refractivity contribution in [3.63, 3.8) is 0 Å². The first-order chi connectivity index (χ1) is 15.3. The molecular weight excluding hydrogens is 433 g/mol. The van der Waals surface area contributed by atoms with Crippen LogP contribution >= 0.6 is 0 Å². The van der Waals surface area contributed by atoms with Gasteiger partial charge in [-0.15, -0.1) is 0 Å². The number of anilines is 2. The van der Waals surface area contributed by atoms with Gasteiger partial charge < -0.3 is 14.5 Å². The van der Waals surface area contributed by atoms with E-state index < -0.39 is 10.0 Å². The summed E-state index contributed by atoms with van der Waals surface area (Å²) >= 11 is 0. The topological polar surface area (TPSA) is 78.9 Å². The van der Waals surface area contributed by atoms with Crippen LogP contribution in [0.1, 0.15) is 0 Å². The molecule has 0 amide bonds. The summed E-state index contributed by atoms with van der Waals surface area (Å²) in [7, 11) is 0.179. The van der Waals surface area contributed by atoms with Gasteiger partial charge in [0.05, 0.1) is 4.90 Å². The Labute approximate surface area is 186 Å². The molecule has 1 aliphatic rings. The largest absolute Gasteiger partial charge is 0.439 e. The van der Waals surface area contributed by atoms with E-state index in [2.05, 4.69) is 9.97 Å². The van der Waals surface area contributed by atoms with Crippen LogP contribution in [0.15, 0.2) is 65.6 Å². The van der Waals surface area contributed by atoms with Crippen molar-refractivity contribution in [2.45, 2.75) is 4.90 Å². The molecule has 2 heterocycles. The summed E-state index contributed by atoms with van der Waals surface area (Å²) in [6, 6.07) is 15.8. The molecule has 0 atom stereocenters. The van der Waals surface area contributed by atoms with Gasteiger partial charge in [-0.05, 0) is 36.4 Å². The molecule has 1 fully saturated rings. The zero-order chi connectivity index (χ0) is 22.7. The second-order valence-electron chi connectivity index (χ2n) is 7.52. The molecule has 1 aromatic heterocycles. The van der Waals surface area contributed by atoms with Crippen LogP contribution in [-0.2, 0) is 10.0 Å². The lowest BCUT2D eigenvalue weighted by molar-refractivity contribution is 0.381. The van der Waals surface area contributed by atoms with Gasteiger partial charge in [-0.25, -0.2) is 12.8 Å². The first-order valence-corrected chi connectivity index (χ1v) is 11.6. The first kappa shape index (κ1) is 22.0. The molecule has 0 radical (unpaired) electrons. The van der Waals surface area contributed by atoms with Crippen molar-refractivity contribution in [2.75, 3.05) is 50.1 Å². The van der Waals surface area contributed by atoms with Gasteiger partial charge in [0, 0.05) is 46.3 Å². The minimum Gasteiger partial charge on any atom is -0.439 e. The lowest BCUT2D eigenvalue weighted by Gasteiger charge is -2.34. The lowest BCUT2D eigenvalue weighted by atomic mass is 10.3. The summed E-state index contributed by atoms with van der Waals surface area (Å²) in [4.78, 5) is 13.1. The fourth-order valence-corrected chi connectivity index (χ4v) is 4.76. The molecule has 0 unspecified atom stereocenters. The van der Waals surface area contributed by atoms with Gasteiger partial charge in [0.25, 0.3) is 0 Å². The van der Waals surface area contributed by atoms with E-state index in [4.69, 9.17) is 4.74 Å². The number of aromatic nitrogens is 2. The van der Waals surface area contributed by atoms with Crippen LogP contribution in [0.2, 0.25) is 0 Å². The van der Waals surface area contributed by atoms with E-state index in [1.165, 1.54) is 28.6 Å². The van der Waals surface area contributed by atoms with Crippen molar-refractivity contribution in [1.82, 2.24) is 14.3 Å². The van der Waals surface area contributed by atoms with E-state index in [1.54, 1.807) is 36.4 Å². The van der Waals surface area contributed by atoms with E-state index in [0.717, 1.165) is 0 Å². The van der Waals surface area contributed by atoms with Gasteiger partial charge in [0.1, 0.15) is 17.4 Å². The molecule has 1 saturated heterocycles. The van der Waals surface area contributed by atoms with E-state index in [-0.39, 0.29) is 10.7 Å². The third-order valence-electron chi connectivity index (χ3n) is 5.07. The van der Waals surface area contributed by atoms with Crippen molar-refractivity contribution in [3.8, 4) is 11.6 Å². The normalized spacial score (nSPS) is 14.9. The molecule has 10 heteroatoms. The van der Waals surface area contributed by atoms with E-state index >= 15 is 0 Å². The number of nitrogens with zero attached hydrogens (tertiary/aromatic N) is 5. The molecule has 0 bridgehead atoms. The minimum absolute atomic E-state index is 0.286. The molecule has 32 heavy (non-hydrogen) atoms. The Morgan fingerprint density at radius 1 is 0.938 bits per heavy atom. The summed E-state index contributed by atoms with van der Waals surface area (Å²) in [6.45, 7) is 1.53. The number of hydrogen-bond donors (Lipinski definition) is 0. The third kappa shape index (κ3) is 4.81. The highest BCUT2D eigenvalue weighted by atomic mass is 32.2. The smallest absolute Gasteiger partial charge is 0.243 e. The summed E-state index contributed by atoms with van der Waals surface area (Å²) < 4.78 is 46.2. The third-order valence-corrected chi connectivity index (χ3v) is 6.99. The Morgan fingerprint density at radius 3 is 2.22 bits per heavy atom. The number of sulfonamides is 1. The summed E-state index contributed by atoms with van der Waals surface area (Å²) in [6.07, 6.45) is 0. The van der Waals surface area contributed by atoms with Crippen LogP contribution in [0.5, 0.6) is 11.6 Å². The molecule has 0 spiro atoms. The molecule has 0 saturated carbocycles. The minimum atomic E-state index is -3.54. The van der Waals surface area contributed by atoms with Gasteiger partial charge in [0.2, 0.25) is 21.9 Å². The Hall–Kier alpha value is -3.24. The molecule has 4 rings (SSSR count). The molecule has 8 nitrogen and oxygen atoms in total. The highest BCUT2D eigenvalue weighted by Gasteiger charge is 2.29. The number of benzene rings is 2. The zero-order valence-corrected chi connectivity index (χ0v) is 18.7. The standard InChI is InChI=1S/C22H24FN5O3S/c1-26(2)20-16-21(31-18-10-8-17(23)9-11-18)25-22(24-20)27-12-14-28(15-13-27)32(29,30)19-6-4-3-5-7-19/h3-11,16H,12-15H2,1-2H3. The first-order valence-electron chi connectivity index (χ1n) is 10.1. The highest BCUT2D eigenvalue weighted by Crippen LogP contribution is 2.27. The molecule has 0 aliphatic carbocycles. The maximum Gasteiger partial charge on any atom is 0.243 e. The number of halogens is 1. The average molecular weight is 458 g/mol. The molecule has 3 aromatic rings. The zero-order valence-electron chi connectivity index (χ0n) is 17.8. The van der Waals surface area contributed by atoms with Crippen molar-refractivity contribution in [3.05, 3.63) is 66.5 Å².